The van der Waals surface area contributed by atoms with Gasteiger partial charge in [-0.25, -0.2) is 0 Å². The first-order valence-corrected chi connectivity index (χ1v) is 2.66. The van der Waals surface area contributed by atoms with Crippen LogP contribution < -0.4 is 5.20 Å². The van der Waals surface area contributed by atoms with Crippen molar-refractivity contribution >= 4 is 8.73 Å². The van der Waals surface area contributed by atoms with Crippen LogP contribution in [0.2, 0.25) is 0 Å². The first kappa shape index (κ1) is 4.83. The molecule has 0 aliphatic rings. The maximum Gasteiger partial charge on any atom is 0.0529 e. The standard InChI is InChI=1S/CH5N2OP/c1-5-3-2-4/h5H,1H3,(H,3,4). The number of nitrogens with zero attached hydrogens (tertiary/aromatic N) is 1. The van der Waals surface area contributed by atoms with E-state index in [1.807, 2.05) is 6.66 Å². The molecule has 1 unspecified atom stereocenters. The van der Waals surface area contributed by atoms with Crippen LogP contribution in [0.25, 0.3) is 0 Å². The van der Waals surface area contributed by atoms with Gasteiger partial charge in [0.2, 0.25) is 0 Å². The highest BCUT2D eigenvalue weighted by molar-refractivity contribution is 7.34. The van der Waals surface area contributed by atoms with Crippen molar-refractivity contribution in [1.29, 1.82) is 0 Å². The number of hydrogen-bond acceptors (Lipinski definition) is 2. The second-order valence-corrected chi connectivity index (χ2v) is 1.18. The van der Waals surface area contributed by atoms with E-state index in [9.17, 15) is 0 Å². The van der Waals surface area contributed by atoms with Crippen molar-refractivity contribution in [2.24, 2.45) is 5.29 Å². The Morgan fingerprint density at radius 2 is 2.60 bits per heavy atom. The molecule has 0 aromatic heterocycles. The number of nitroso groups, excluding NO2 is 1. The summed E-state index contributed by atoms with van der Waals surface area (Å²) in [4.78, 5) is 9.05. The molecule has 0 saturated carbocycles. The average molecular weight is 92.0 g/mol. The zero-order valence-corrected chi connectivity index (χ0v) is 3.86. The molecule has 0 aliphatic carbocycles. The lowest BCUT2D eigenvalue weighted by atomic mass is 12.0. The van der Waals surface area contributed by atoms with Crippen molar-refractivity contribution < 1.29 is 0 Å². The fourth-order valence-corrected chi connectivity index (χ4v) is 0.137. The Hall–Kier alpha value is -0.170. The van der Waals surface area contributed by atoms with E-state index in [2.05, 4.69) is 10.5 Å². The van der Waals surface area contributed by atoms with Crippen LogP contribution in [0.4, 0.5) is 0 Å². The van der Waals surface area contributed by atoms with Gasteiger partial charge in [0.15, 0.2) is 0 Å². The summed E-state index contributed by atoms with van der Waals surface area (Å²) in [5.41, 5.74) is 0. The molecular formula is CH5N2OP. The van der Waals surface area contributed by atoms with Crippen LogP contribution in [-0.2, 0) is 0 Å². The molecule has 5 heavy (non-hydrogen) atoms. The van der Waals surface area contributed by atoms with E-state index in [4.69, 9.17) is 4.91 Å². The maximum atomic E-state index is 9.05. The molecule has 0 aliphatic heterocycles. The molecule has 0 spiro atoms. The molecule has 3 nitrogen and oxygen atoms in total. The lowest BCUT2D eigenvalue weighted by molar-refractivity contribution is 1.09. The Bertz CT molecular complexity index is 30.8. The zero-order chi connectivity index (χ0) is 4.12. The normalized spacial score (nSPS) is 9.00. The van der Waals surface area contributed by atoms with Gasteiger partial charge in [0.05, 0.1) is 5.29 Å². The molecule has 0 radical (unpaired) electrons. The molecule has 0 heterocycles. The van der Waals surface area contributed by atoms with Gasteiger partial charge < -0.3 is 0 Å². The van der Waals surface area contributed by atoms with Crippen LogP contribution >= 0.6 is 8.73 Å². The molecule has 0 saturated heterocycles. The molecule has 0 fully saturated rings. The van der Waals surface area contributed by atoms with E-state index in [-0.39, 0.29) is 0 Å². The minimum absolute atomic E-state index is 0.429. The topological polar surface area (TPSA) is 41.5 Å². The Morgan fingerprint density at radius 1 is 2.00 bits per heavy atom. The van der Waals surface area contributed by atoms with E-state index in [1.165, 1.54) is 0 Å². The van der Waals surface area contributed by atoms with Crippen molar-refractivity contribution in [2.45, 2.75) is 0 Å². The fourth-order valence-electron chi connectivity index (χ4n) is 0.0456. The van der Waals surface area contributed by atoms with Crippen molar-refractivity contribution in [3.63, 3.8) is 0 Å². The van der Waals surface area contributed by atoms with Crippen LogP contribution in [0.1, 0.15) is 0 Å². The highest BCUT2D eigenvalue weighted by atomic mass is 31.1. The average Bonchev–Trinajstić information content (AvgIpc) is 1.41. The van der Waals surface area contributed by atoms with Gasteiger partial charge in [0, 0.05) is 0 Å². The number of hydrogen-bond donors (Lipinski definition) is 1. The molecule has 1 atom stereocenters. The Balaban J connectivity index is 2.40. The number of nitrogens with one attached hydrogen (secondary N) is 1. The molecule has 1 N–H and O–H groups in total. The van der Waals surface area contributed by atoms with Gasteiger partial charge in [-0.3, -0.25) is 5.20 Å². The fraction of sp³-hybridized carbons (Fsp3) is 1.00. The minimum Gasteiger partial charge on any atom is -0.257 e. The molecule has 30 valence electrons. The largest absolute Gasteiger partial charge is 0.257 e. The van der Waals surface area contributed by atoms with Crippen LogP contribution in [0, 0.1) is 4.91 Å². The summed E-state index contributed by atoms with van der Waals surface area (Å²) in [7, 11) is 0.429. The van der Waals surface area contributed by atoms with Crippen molar-refractivity contribution in [3.8, 4) is 0 Å². The van der Waals surface area contributed by atoms with Gasteiger partial charge in [-0.2, -0.15) is 0 Å². The van der Waals surface area contributed by atoms with E-state index < -0.39 is 0 Å². The van der Waals surface area contributed by atoms with Crippen molar-refractivity contribution in [2.75, 3.05) is 6.66 Å². The van der Waals surface area contributed by atoms with Crippen molar-refractivity contribution in [1.82, 2.24) is 5.20 Å². The van der Waals surface area contributed by atoms with Crippen LogP contribution in [0.15, 0.2) is 5.29 Å². The van der Waals surface area contributed by atoms with Crippen LogP contribution in [0.3, 0.4) is 0 Å². The molecule has 0 amide bonds. The SMILES string of the molecule is CPNN=O. The smallest absolute Gasteiger partial charge is 0.0529 e. The summed E-state index contributed by atoms with van der Waals surface area (Å²) < 4.78 is 0. The van der Waals surface area contributed by atoms with Gasteiger partial charge >= 0.3 is 0 Å². The number of rotatable bonds is 2. The van der Waals surface area contributed by atoms with Gasteiger partial charge in [-0.05, 0) is 15.4 Å². The second-order valence-electron chi connectivity index (χ2n) is 0.453. The Labute approximate surface area is 31.9 Å². The molecule has 0 aromatic carbocycles. The third-order valence-corrected chi connectivity index (χ3v) is 0.472. The predicted molar refractivity (Wildman–Crippen MR) is 23.2 cm³/mol. The Kier molecular flexibility index (Phi) is 3.70. The van der Waals surface area contributed by atoms with Crippen LogP contribution in [-0.4, -0.2) is 6.66 Å². The molecule has 0 rings (SSSR count). The summed E-state index contributed by atoms with van der Waals surface area (Å²) in [6.45, 7) is 1.83. The Morgan fingerprint density at radius 3 is 2.60 bits per heavy atom. The minimum atomic E-state index is 0.429. The first-order chi connectivity index (χ1) is 2.41. The first-order valence-electron chi connectivity index (χ1n) is 1.16. The van der Waals surface area contributed by atoms with Gasteiger partial charge in [-0.1, -0.05) is 0 Å². The predicted octanol–water partition coefficient (Wildman–Crippen LogP) is 0.481. The van der Waals surface area contributed by atoms with Crippen molar-refractivity contribution in [3.05, 3.63) is 4.91 Å². The molecule has 4 heteroatoms. The van der Waals surface area contributed by atoms with Gasteiger partial charge in [0.1, 0.15) is 0 Å². The lowest BCUT2D eigenvalue weighted by Crippen LogP contribution is -1.79. The monoisotopic (exact) mass is 92.0 g/mol. The zero-order valence-electron chi connectivity index (χ0n) is 2.86. The lowest BCUT2D eigenvalue weighted by Gasteiger charge is -1.76. The van der Waals surface area contributed by atoms with E-state index in [0.717, 1.165) is 0 Å². The summed E-state index contributed by atoms with van der Waals surface area (Å²) >= 11 is 0. The van der Waals surface area contributed by atoms with E-state index in [1.54, 1.807) is 0 Å². The third-order valence-electron chi connectivity index (χ3n) is 0.157. The summed E-state index contributed by atoms with van der Waals surface area (Å²) in [6.07, 6.45) is 0. The van der Waals surface area contributed by atoms with E-state index >= 15 is 0 Å². The summed E-state index contributed by atoms with van der Waals surface area (Å²) in [5, 5.41) is 4.57. The summed E-state index contributed by atoms with van der Waals surface area (Å²) in [6, 6.07) is 0. The van der Waals surface area contributed by atoms with Gasteiger partial charge in [0.25, 0.3) is 0 Å². The highest BCUT2D eigenvalue weighted by Gasteiger charge is 1.59. The van der Waals surface area contributed by atoms with Crippen LogP contribution in [0.5, 0.6) is 0 Å². The van der Waals surface area contributed by atoms with E-state index in [0.29, 0.717) is 8.73 Å². The molecule has 0 aromatic rings. The second kappa shape index (κ2) is 3.83. The third kappa shape index (κ3) is 3.83. The maximum absolute atomic E-state index is 9.05. The molecule has 0 bridgehead atoms. The quantitative estimate of drug-likeness (QED) is 0.306. The highest BCUT2D eigenvalue weighted by Crippen LogP contribution is 1.88. The summed E-state index contributed by atoms with van der Waals surface area (Å²) in [5.74, 6) is 0. The van der Waals surface area contributed by atoms with Gasteiger partial charge in [-0.15, -0.1) is 4.91 Å². The molecular weight excluding hydrogens is 87.0 g/mol.